The number of aliphatic hydroxyl groups is 1. The van der Waals surface area contributed by atoms with Gasteiger partial charge in [-0.3, -0.25) is 4.79 Å². The minimum absolute atomic E-state index is 0.0197. The molecular weight excluding hydrogens is 539 g/mol. The molecule has 39 heavy (non-hydrogen) atoms. The molecule has 1 aliphatic heterocycles. The molecule has 1 saturated heterocycles. The van der Waals surface area contributed by atoms with Gasteiger partial charge in [0.1, 0.15) is 23.9 Å². The second kappa shape index (κ2) is 13.4. The summed E-state index contributed by atoms with van der Waals surface area (Å²) in [6, 6.07) is 14.8. The van der Waals surface area contributed by atoms with Crippen LogP contribution in [-0.2, 0) is 18.0 Å². The van der Waals surface area contributed by atoms with E-state index in [9.17, 15) is 15.0 Å². The lowest BCUT2D eigenvalue weighted by Gasteiger charge is -2.18. The third-order valence-corrected chi connectivity index (χ3v) is 7.63. The molecular formula is C30H34Cl2N2O5. The zero-order chi connectivity index (χ0) is 27.9. The summed E-state index contributed by atoms with van der Waals surface area (Å²) >= 11 is 13.1. The molecule has 1 fully saturated rings. The Morgan fingerprint density at radius 1 is 1.08 bits per heavy atom. The van der Waals surface area contributed by atoms with Gasteiger partial charge < -0.3 is 29.9 Å². The van der Waals surface area contributed by atoms with Crippen LogP contribution in [0.25, 0.3) is 11.1 Å². The van der Waals surface area contributed by atoms with Crippen LogP contribution in [0.15, 0.2) is 48.5 Å². The van der Waals surface area contributed by atoms with Crippen LogP contribution >= 0.6 is 23.2 Å². The first kappa shape index (κ1) is 29.0. The Balaban J connectivity index is 1.38. The van der Waals surface area contributed by atoms with E-state index >= 15 is 0 Å². The van der Waals surface area contributed by atoms with Gasteiger partial charge in [-0.25, -0.2) is 0 Å². The fraction of sp³-hybridized carbons (Fsp3) is 0.367. The summed E-state index contributed by atoms with van der Waals surface area (Å²) in [5.74, 6) is 0.926. The Labute approximate surface area is 239 Å². The predicted molar refractivity (Wildman–Crippen MR) is 154 cm³/mol. The molecule has 3 aromatic rings. The predicted octanol–water partition coefficient (Wildman–Crippen LogP) is 5.73. The van der Waals surface area contributed by atoms with Crippen LogP contribution in [0.3, 0.4) is 0 Å². The second-order valence-electron chi connectivity index (χ2n) is 9.75. The monoisotopic (exact) mass is 572 g/mol. The number of nitrogens with one attached hydrogen (secondary N) is 1. The first-order chi connectivity index (χ1) is 18.8. The number of carbonyl (C=O) groups is 1. The minimum atomic E-state index is -0.310. The maximum absolute atomic E-state index is 11.3. The van der Waals surface area contributed by atoms with Crippen molar-refractivity contribution in [2.45, 2.75) is 45.9 Å². The molecule has 4 rings (SSSR count). The molecule has 3 N–H and O–H groups in total. The van der Waals surface area contributed by atoms with E-state index < -0.39 is 0 Å². The van der Waals surface area contributed by atoms with Crippen LogP contribution < -0.4 is 14.8 Å². The number of aromatic hydroxyl groups is 1. The van der Waals surface area contributed by atoms with Crippen LogP contribution in [0, 0.1) is 6.92 Å². The molecule has 0 saturated carbocycles. The molecule has 1 atom stereocenters. The summed E-state index contributed by atoms with van der Waals surface area (Å²) in [6.45, 7) is 6.79. The highest BCUT2D eigenvalue weighted by atomic mass is 35.5. The van der Waals surface area contributed by atoms with Crippen LogP contribution in [0.5, 0.6) is 17.2 Å². The highest BCUT2D eigenvalue weighted by Crippen LogP contribution is 2.38. The third kappa shape index (κ3) is 7.37. The fourth-order valence-electron chi connectivity index (χ4n) is 4.85. The zero-order valence-electron chi connectivity index (χ0n) is 22.2. The van der Waals surface area contributed by atoms with Crippen molar-refractivity contribution in [2.24, 2.45) is 0 Å². The van der Waals surface area contributed by atoms with E-state index in [0.29, 0.717) is 33.7 Å². The number of aliphatic hydroxyl groups excluding tert-OH is 1. The lowest BCUT2D eigenvalue weighted by Crippen LogP contribution is -2.35. The number of halogens is 2. The van der Waals surface area contributed by atoms with Gasteiger partial charge in [0.15, 0.2) is 0 Å². The first-order valence-corrected chi connectivity index (χ1v) is 13.8. The Morgan fingerprint density at radius 3 is 2.62 bits per heavy atom. The van der Waals surface area contributed by atoms with Crippen LogP contribution in [0.4, 0.5) is 0 Å². The molecule has 1 heterocycles. The van der Waals surface area contributed by atoms with Crippen molar-refractivity contribution < 1.29 is 24.5 Å². The Kier molecular flexibility index (Phi) is 9.97. The Morgan fingerprint density at radius 2 is 1.85 bits per heavy atom. The number of nitrogens with zero attached hydrogens (tertiary/aromatic N) is 1. The summed E-state index contributed by atoms with van der Waals surface area (Å²) < 4.78 is 12.0. The van der Waals surface area contributed by atoms with Gasteiger partial charge in [0, 0.05) is 49.8 Å². The molecule has 0 radical (unpaired) electrons. The maximum Gasteiger partial charge on any atom is 0.217 e. The molecule has 1 aliphatic rings. The molecule has 0 aromatic heterocycles. The standard InChI is InChI=1S/C30H34Cl2N2O5/c1-19-21(18-39-29-15-27(37)22(17-35)14-26(29)31)6-3-7-24(19)25-8-4-9-28(30(25)32)38-13-5-11-34-12-10-23(16-34)33-20(2)36/h3-4,6-9,14-15,23,35,37H,5,10-13,16-18H2,1-2H3,(H,33,36). The normalized spacial score (nSPS) is 15.4. The van der Waals surface area contributed by atoms with E-state index in [4.69, 9.17) is 32.7 Å². The van der Waals surface area contributed by atoms with Crippen molar-refractivity contribution >= 4 is 29.1 Å². The highest BCUT2D eigenvalue weighted by Gasteiger charge is 2.22. The van der Waals surface area contributed by atoms with Crippen LogP contribution in [-0.4, -0.2) is 53.3 Å². The number of carbonyl (C=O) groups excluding carboxylic acids is 1. The molecule has 0 aliphatic carbocycles. The zero-order valence-corrected chi connectivity index (χ0v) is 23.7. The van der Waals surface area contributed by atoms with E-state index in [-0.39, 0.29) is 30.9 Å². The van der Waals surface area contributed by atoms with Crippen molar-refractivity contribution in [1.29, 1.82) is 0 Å². The molecule has 0 spiro atoms. The number of rotatable bonds is 11. The van der Waals surface area contributed by atoms with Crippen molar-refractivity contribution in [3.05, 3.63) is 75.3 Å². The van der Waals surface area contributed by atoms with Gasteiger partial charge in [-0.15, -0.1) is 0 Å². The topological polar surface area (TPSA) is 91.3 Å². The van der Waals surface area contributed by atoms with Crippen molar-refractivity contribution in [3.8, 4) is 28.4 Å². The van der Waals surface area contributed by atoms with E-state index in [1.165, 1.54) is 12.1 Å². The van der Waals surface area contributed by atoms with Gasteiger partial charge in [0.05, 0.1) is 23.3 Å². The Hall–Kier alpha value is -2.97. The van der Waals surface area contributed by atoms with Crippen molar-refractivity contribution in [3.63, 3.8) is 0 Å². The molecule has 7 nitrogen and oxygen atoms in total. The molecule has 208 valence electrons. The van der Waals surface area contributed by atoms with Gasteiger partial charge in [-0.1, -0.05) is 53.5 Å². The van der Waals surface area contributed by atoms with Gasteiger partial charge in [-0.2, -0.15) is 0 Å². The van der Waals surface area contributed by atoms with E-state index in [0.717, 1.165) is 54.7 Å². The van der Waals surface area contributed by atoms with Gasteiger partial charge in [-0.05, 0) is 48.6 Å². The number of phenols is 1. The third-order valence-electron chi connectivity index (χ3n) is 6.94. The largest absolute Gasteiger partial charge is 0.507 e. The quantitative estimate of drug-likeness (QED) is 0.254. The van der Waals surface area contributed by atoms with E-state index in [1.807, 2.05) is 43.3 Å². The summed E-state index contributed by atoms with van der Waals surface area (Å²) in [7, 11) is 0. The number of benzene rings is 3. The molecule has 1 unspecified atom stereocenters. The number of likely N-dealkylation sites (tertiary alicyclic amines) is 1. The second-order valence-corrected chi connectivity index (χ2v) is 10.5. The number of ether oxygens (including phenoxy) is 2. The highest BCUT2D eigenvalue weighted by molar-refractivity contribution is 6.34. The molecule has 1 amide bonds. The van der Waals surface area contributed by atoms with Gasteiger partial charge in [0.25, 0.3) is 0 Å². The Bertz CT molecular complexity index is 1320. The van der Waals surface area contributed by atoms with Crippen molar-refractivity contribution in [2.75, 3.05) is 26.2 Å². The first-order valence-electron chi connectivity index (χ1n) is 13.0. The maximum atomic E-state index is 11.3. The van der Waals surface area contributed by atoms with Crippen LogP contribution in [0.1, 0.15) is 36.5 Å². The van der Waals surface area contributed by atoms with E-state index in [2.05, 4.69) is 10.2 Å². The fourth-order valence-corrected chi connectivity index (χ4v) is 5.37. The average molecular weight is 574 g/mol. The summed E-state index contributed by atoms with van der Waals surface area (Å²) in [4.78, 5) is 13.6. The number of hydrogen-bond donors (Lipinski definition) is 3. The summed E-state index contributed by atoms with van der Waals surface area (Å²) in [5.41, 5.74) is 4.13. The van der Waals surface area contributed by atoms with Gasteiger partial charge >= 0.3 is 0 Å². The van der Waals surface area contributed by atoms with Crippen LogP contribution in [0.2, 0.25) is 10.0 Å². The molecule has 9 heteroatoms. The number of hydrogen-bond acceptors (Lipinski definition) is 6. The van der Waals surface area contributed by atoms with Gasteiger partial charge in [0.2, 0.25) is 5.91 Å². The average Bonchev–Trinajstić information content (AvgIpc) is 3.35. The minimum Gasteiger partial charge on any atom is -0.507 e. The van der Waals surface area contributed by atoms with E-state index in [1.54, 1.807) is 6.92 Å². The summed E-state index contributed by atoms with van der Waals surface area (Å²) in [6.07, 6.45) is 1.83. The SMILES string of the molecule is CC(=O)NC1CCN(CCCOc2cccc(-c3cccc(COc4cc(O)c(CO)cc4Cl)c3C)c2Cl)C1. The lowest BCUT2D eigenvalue weighted by molar-refractivity contribution is -0.119. The molecule has 3 aromatic carbocycles. The summed E-state index contributed by atoms with van der Waals surface area (Å²) in [5, 5.41) is 23.2. The van der Waals surface area contributed by atoms with Crippen molar-refractivity contribution in [1.82, 2.24) is 10.2 Å². The number of amides is 1. The smallest absolute Gasteiger partial charge is 0.217 e. The lowest BCUT2D eigenvalue weighted by atomic mass is 9.96. The molecule has 0 bridgehead atoms.